The van der Waals surface area contributed by atoms with Crippen LogP contribution in [0.15, 0.2) is 60.7 Å². The first-order valence-electron chi connectivity index (χ1n) is 19.3. The third-order valence-corrected chi connectivity index (χ3v) is 9.43. The number of carbonyl (C=O) groups is 6. The van der Waals surface area contributed by atoms with Crippen molar-refractivity contribution >= 4 is 35.5 Å². The van der Waals surface area contributed by atoms with Crippen LogP contribution in [-0.4, -0.2) is 103 Å². The standard InChI is InChI=1S/C40H60N8O7/c1-4-55-40(54)34(43)38(52)44-29-18-21-48(22-19-29)39(53)31(17-11-12-20-41)45-36(50)32(23-26(2)3)47-37(51)33(25-28-15-9-6-10-16-28)46-35(49)30(42)24-27-13-7-5-8-14-27/h5-10,13-16,26,29-34H,4,11-12,17-25,41-43H2,1-3H3,(H,44,52)(H,45,50)(H,46,49)(H,47,51)/t30-,31-,32-,33-,34?/m1/s1. The summed E-state index contributed by atoms with van der Waals surface area (Å²) in [6, 6.07) is 13.0. The summed E-state index contributed by atoms with van der Waals surface area (Å²) in [4.78, 5) is 81.1. The van der Waals surface area contributed by atoms with E-state index in [1.807, 2.05) is 74.5 Å². The van der Waals surface area contributed by atoms with Crippen molar-refractivity contribution in [1.82, 2.24) is 26.2 Å². The Morgan fingerprint density at radius 2 is 1.29 bits per heavy atom. The van der Waals surface area contributed by atoms with Gasteiger partial charge in [0.05, 0.1) is 12.6 Å². The number of esters is 1. The molecule has 2 aromatic carbocycles. The van der Waals surface area contributed by atoms with Gasteiger partial charge in [0.25, 0.3) is 0 Å². The van der Waals surface area contributed by atoms with Crippen LogP contribution >= 0.6 is 0 Å². The van der Waals surface area contributed by atoms with Gasteiger partial charge in [-0.25, -0.2) is 4.79 Å². The average Bonchev–Trinajstić information content (AvgIpc) is 3.17. The minimum Gasteiger partial charge on any atom is -0.464 e. The van der Waals surface area contributed by atoms with E-state index in [-0.39, 0.29) is 43.7 Å². The van der Waals surface area contributed by atoms with Gasteiger partial charge in [0.1, 0.15) is 18.1 Å². The molecule has 2 aromatic rings. The number of carbonyl (C=O) groups excluding carboxylic acids is 6. The number of nitrogens with zero attached hydrogens (tertiary/aromatic N) is 1. The molecule has 0 saturated carbocycles. The molecule has 1 aliphatic heterocycles. The van der Waals surface area contributed by atoms with E-state index in [1.54, 1.807) is 11.8 Å². The lowest BCUT2D eigenvalue weighted by atomic mass is 9.99. The Balaban J connectivity index is 1.71. The Hall–Kier alpha value is -4.86. The molecule has 1 heterocycles. The van der Waals surface area contributed by atoms with E-state index < -0.39 is 59.8 Å². The third kappa shape index (κ3) is 15.1. The molecule has 1 fully saturated rings. The summed E-state index contributed by atoms with van der Waals surface area (Å²) in [5.74, 6) is -3.31. The van der Waals surface area contributed by atoms with Crippen molar-refractivity contribution in [2.24, 2.45) is 23.1 Å². The second-order valence-electron chi connectivity index (χ2n) is 14.4. The fourth-order valence-corrected chi connectivity index (χ4v) is 6.39. The molecular weight excluding hydrogens is 704 g/mol. The number of ether oxygens (including phenoxy) is 1. The van der Waals surface area contributed by atoms with Crippen molar-refractivity contribution in [3.63, 3.8) is 0 Å². The van der Waals surface area contributed by atoms with E-state index in [1.165, 1.54) is 0 Å². The Labute approximate surface area is 324 Å². The van der Waals surface area contributed by atoms with E-state index >= 15 is 0 Å². The van der Waals surface area contributed by atoms with E-state index in [2.05, 4.69) is 21.3 Å². The van der Waals surface area contributed by atoms with E-state index in [0.717, 1.165) is 11.1 Å². The molecule has 0 bridgehead atoms. The number of piperidine rings is 1. The molecule has 302 valence electrons. The molecule has 55 heavy (non-hydrogen) atoms. The van der Waals surface area contributed by atoms with Crippen molar-refractivity contribution in [2.45, 2.75) is 108 Å². The number of hydrogen-bond acceptors (Lipinski definition) is 10. The summed E-state index contributed by atoms with van der Waals surface area (Å²) < 4.78 is 4.83. The Morgan fingerprint density at radius 1 is 0.745 bits per heavy atom. The number of rotatable bonds is 21. The maximum Gasteiger partial charge on any atom is 0.332 e. The normalized spacial score (nSPS) is 15.9. The number of unbranched alkanes of at least 4 members (excludes halogenated alkanes) is 1. The number of benzene rings is 2. The van der Waals surface area contributed by atoms with Crippen LogP contribution in [0.4, 0.5) is 0 Å². The minimum absolute atomic E-state index is 0.00455. The van der Waals surface area contributed by atoms with Crippen LogP contribution < -0.4 is 38.5 Å². The van der Waals surface area contributed by atoms with Crippen LogP contribution in [0.1, 0.15) is 70.4 Å². The van der Waals surface area contributed by atoms with Crippen molar-refractivity contribution in [3.8, 4) is 0 Å². The first kappa shape index (κ1) is 44.5. The predicted molar refractivity (Wildman–Crippen MR) is 209 cm³/mol. The molecule has 5 amide bonds. The second-order valence-corrected chi connectivity index (χ2v) is 14.4. The molecule has 15 nitrogen and oxygen atoms in total. The molecule has 5 atom stereocenters. The summed E-state index contributed by atoms with van der Waals surface area (Å²) in [5, 5.41) is 11.4. The van der Waals surface area contributed by atoms with E-state index in [4.69, 9.17) is 21.9 Å². The van der Waals surface area contributed by atoms with Gasteiger partial charge in [0.2, 0.25) is 29.5 Å². The third-order valence-electron chi connectivity index (χ3n) is 9.43. The van der Waals surface area contributed by atoms with Gasteiger partial charge < -0.3 is 48.1 Å². The summed E-state index contributed by atoms with van der Waals surface area (Å²) in [6.45, 7) is 6.60. The summed E-state index contributed by atoms with van der Waals surface area (Å²) in [5.41, 5.74) is 19.4. The van der Waals surface area contributed by atoms with E-state index in [9.17, 15) is 28.8 Å². The average molecular weight is 765 g/mol. The summed E-state index contributed by atoms with van der Waals surface area (Å²) in [7, 11) is 0. The summed E-state index contributed by atoms with van der Waals surface area (Å²) in [6.07, 6.45) is 3.13. The molecule has 1 unspecified atom stereocenters. The van der Waals surface area contributed by atoms with Gasteiger partial charge in [-0.1, -0.05) is 74.5 Å². The monoisotopic (exact) mass is 764 g/mol. The van der Waals surface area contributed by atoms with Crippen molar-refractivity contribution < 1.29 is 33.5 Å². The number of likely N-dealkylation sites (tertiary alicyclic amines) is 1. The Morgan fingerprint density at radius 3 is 1.85 bits per heavy atom. The minimum atomic E-state index is -1.44. The molecule has 15 heteroatoms. The van der Waals surface area contributed by atoms with Crippen LogP contribution in [0.3, 0.4) is 0 Å². The number of hydrogen-bond donors (Lipinski definition) is 7. The number of nitrogens with one attached hydrogen (secondary N) is 4. The van der Waals surface area contributed by atoms with Crippen molar-refractivity contribution in [3.05, 3.63) is 71.8 Å². The highest BCUT2D eigenvalue weighted by Crippen LogP contribution is 2.16. The predicted octanol–water partition coefficient (Wildman–Crippen LogP) is 0.426. The molecule has 0 aliphatic carbocycles. The van der Waals surface area contributed by atoms with Crippen LogP contribution in [0.2, 0.25) is 0 Å². The number of nitrogens with two attached hydrogens (primary N) is 3. The number of amides is 5. The highest BCUT2D eigenvalue weighted by molar-refractivity contribution is 6.01. The van der Waals surface area contributed by atoms with Gasteiger partial charge in [0.15, 0.2) is 6.04 Å². The van der Waals surface area contributed by atoms with Gasteiger partial charge in [-0.05, 0) is 75.5 Å². The molecular formula is C40H60N8O7. The lowest BCUT2D eigenvalue weighted by molar-refractivity contribution is -0.148. The largest absolute Gasteiger partial charge is 0.464 e. The van der Waals surface area contributed by atoms with E-state index in [0.29, 0.717) is 51.7 Å². The fourth-order valence-electron chi connectivity index (χ4n) is 6.39. The maximum atomic E-state index is 14.0. The van der Waals surface area contributed by atoms with Gasteiger partial charge in [0, 0.05) is 25.6 Å². The second kappa shape index (κ2) is 23.1. The molecule has 10 N–H and O–H groups in total. The maximum absolute atomic E-state index is 14.0. The molecule has 3 rings (SSSR count). The summed E-state index contributed by atoms with van der Waals surface area (Å²) >= 11 is 0. The lowest BCUT2D eigenvalue weighted by Gasteiger charge is -2.35. The van der Waals surface area contributed by atoms with Crippen LogP contribution in [0.5, 0.6) is 0 Å². The zero-order valence-corrected chi connectivity index (χ0v) is 32.3. The van der Waals surface area contributed by atoms with Gasteiger partial charge in [-0.2, -0.15) is 0 Å². The molecule has 1 saturated heterocycles. The quantitative estimate of drug-likeness (QED) is 0.0525. The molecule has 0 radical (unpaired) electrons. The van der Waals surface area contributed by atoms with Crippen molar-refractivity contribution in [2.75, 3.05) is 26.2 Å². The van der Waals surface area contributed by atoms with Gasteiger partial charge in [-0.3, -0.25) is 24.0 Å². The van der Waals surface area contributed by atoms with Crippen molar-refractivity contribution in [1.29, 1.82) is 0 Å². The Kier molecular flexibility index (Phi) is 18.7. The van der Waals surface area contributed by atoms with Crippen LogP contribution in [0.25, 0.3) is 0 Å². The fraction of sp³-hybridized carbons (Fsp3) is 0.550. The Bertz CT molecular complexity index is 1540. The first-order chi connectivity index (χ1) is 26.3. The topological polar surface area (TPSA) is 241 Å². The van der Waals surface area contributed by atoms with Gasteiger partial charge >= 0.3 is 5.97 Å². The zero-order chi connectivity index (χ0) is 40.3. The first-order valence-corrected chi connectivity index (χ1v) is 19.3. The molecule has 0 spiro atoms. The van der Waals surface area contributed by atoms with Crippen LogP contribution in [0, 0.1) is 5.92 Å². The molecule has 1 aliphatic rings. The molecule has 0 aromatic heterocycles. The SMILES string of the molecule is CCOC(=O)C(N)C(=O)NC1CCN(C(=O)[C@@H](CCCCN)NC(=O)[C@@H](CC(C)C)NC(=O)[C@@H](Cc2ccccc2)NC(=O)[C@H](N)Cc2ccccc2)CC1. The van der Waals surface area contributed by atoms with Gasteiger partial charge in [-0.15, -0.1) is 0 Å². The smallest absolute Gasteiger partial charge is 0.332 e. The zero-order valence-electron chi connectivity index (χ0n) is 32.3. The lowest BCUT2D eigenvalue weighted by Crippen LogP contribution is -2.59. The highest BCUT2D eigenvalue weighted by Gasteiger charge is 2.34. The van der Waals surface area contributed by atoms with Crippen LogP contribution in [-0.2, 0) is 46.3 Å². The highest BCUT2D eigenvalue weighted by atomic mass is 16.5.